The predicted octanol–water partition coefficient (Wildman–Crippen LogP) is 3.61. The molecule has 1 aromatic heterocycles. The molecule has 0 saturated carbocycles. The number of alkyl halides is 3. The lowest BCUT2D eigenvalue weighted by Gasteiger charge is -2.11. The maximum atomic E-state index is 13.6. The first-order chi connectivity index (χ1) is 9.47. The highest BCUT2D eigenvalue weighted by Gasteiger charge is 2.38. The number of benzene rings is 1. The normalized spacial score (nSPS) is 15.2. The number of hydrogen-bond acceptors (Lipinski definition) is 3. The lowest BCUT2D eigenvalue weighted by atomic mass is 10.1. The minimum atomic E-state index is -4.73. The Bertz CT molecular complexity index is 625. The molecule has 2 heterocycles. The van der Waals surface area contributed by atoms with Crippen molar-refractivity contribution in [1.82, 2.24) is 10.3 Å². The van der Waals surface area contributed by atoms with Crippen LogP contribution in [0.3, 0.4) is 0 Å². The Morgan fingerprint density at radius 3 is 2.75 bits per heavy atom. The number of aromatic nitrogens is 1. The van der Waals surface area contributed by atoms with Gasteiger partial charge in [0, 0.05) is 30.0 Å². The standard InChI is InChI=1S/C13H10F4N2S/c14-8-3-1-2-7(11(8)13(15,16)17)12-19-9-4-5-18-6-10(9)20-12/h1-3,18H,4-6H2. The van der Waals surface area contributed by atoms with Crippen LogP contribution >= 0.6 is 11.3 Å². The minimum absolute atomic E-state index is 0.183. The van der Waals surface area contributed by atoms with Crippen molar-refractivity contribution in [2.24, 2.45) is 0 Å². The summed E-state index contributed by atoms with van der Waals surface area (Å²) in [6.45, 7) is 1.36. The number of nitrogens with zero attached hydrogens (tertiary/aromatic N) is 1. The lowest BCUT2D eigenvalue weighted by molar-refractivity contribution is -0.139. The summed E-state index contributed by atoms with van der Waals surface area (Å²) in [5, 5.41) is 3.36. The van der Waals surface area contributed by atoms with Crippen molar-refractivity contribution in [2.75, 3.05) is 6.54 Å². The fourth-order valence-electron chi connectivity index (χ4n) is 2.23. The average molecular weight is 302 g/mol. The molecule has 7 heteroatoms. The molecule has 1 aromatic carbocycles. The molecule has 20 heavy (non-hydrogen) atoms. The van der Waals surface area contributed by atoms with E-state index in [1.807, 2.05) is 0 Å². The van der Waals surface area contributed by atoms with Crippen molar-refractivity contribution in [1.29, 1.82) is 0 Å². The third kappa shape index (κ3) is 2.31. The van der Waals surface area contributed by atoms with Gasteiger partial charge in [-0.25, -0.2) is 9.37 Å². The lowest BCUT2D eigenvalue weighted by Crippen LogP contribution is -2.22. The maximum absolute atomic E-state index is 13.6. The van der Waals surface area contributed by atoms with Crippen LogP contribution in [-0.2, 0) is 19.1 Å². The van der Waals surface area contributed by atoms with E-state index in [-0.39, 0.29) is 10.6 Å². The summed E-state index contributed by atoms with van der Waals surface area (Å²) in [6, 6.07) is 3.36. The summed E-state index contributed by atoms with van der Waals surface area (Å²) in [5.74, 6) is -1.26. The molecule has 0 unspecified atom stereocenters. The largest absolute Gasteiger partial charge is 0.419 e. The molecule has 2 nitrogen and oxygen atoms in total. The Hall–Kier alpha value is -1.47. The van der Waals surface area contributed by atoms with Gasteiger partial charge in [0.25, 0.3) is 0 Å². The maximum Gasteiger partial charge on any atom is 0.419 e. The van der Waals surface area contributed by atoms with E-state index in [9.17, 15) is 17.6 Å². The zero-order chi connectivity index (χ0) is 14.3. The van der Waals surface area contributed by atoms with Gasteiger partial charge >= 0.3 is 6.18 Å². The Kier molecular flexibility index (Phi) is 3.25. The zero-order valence-corrected chi connectivity index (χ0v) is 11.0. The summed E-state index contributed by atoms with van der Waals surface area (Å²) >= 11 is 1.19. The van der Waals surface area contributed by atoms with Crippen LogP contribution < -0.4 is 5.32 Å². The van der Waals surface area contributed by atoms with Crippen LogP contribution in [0.5, 0.6) is 0 Å². The van der Waals surface area contributed by atoms with Crippen LogP contribution in [0.25, 0.3) is 10.6 Å². The van der Waals surface area contributed by atoms with Gasteiger partial charge in [0.05, 0.1) is 5.69 Å². The van der Waals surface area contributed by atoms with Crippen molar-refractivity contribution in [3.05, 3.63) is 40.2 Å². The first-order valence-electron chi connectivity index (χ1n) is 6.02. The van der Waals surface area contributed by atoms with Crippen molar-refractivity contribution in [2.45, 2.75) is 19.1 Å². The van der Waals surface area contributed by atoms with Gasteiger partial charge in [-0.15, -0.1) is 11.3 Å². The molecular formula is C13H10F4N2S. The molecule has 0 radical (unpaired) electrons. The summed E-state index contributed by atoms with van der Waals surface area (Å²) in [7, 11) is 0. The SMILES string of the molecule is Fc1cccc(-c2nc3c(s2)CNCC3)c1C(F)(F)F. The van der Waals surface area contributed by atoms with Crippen LogP contribution in [0.4, 0.5) is 17.6 Å². The topological polar surface area (TPSA) is 24.9 Å². The predicted molar refractivity (Wildman–Crippen MR) is 67.9 cm³/mol. The molecule has 3 rings (SSSR count). The number of nitrogens with one attached hydrogen (secondary N) is 1. The third-order valence-corrected chi connectivity index (χ3v) is 4.26. The summed E-state index contributed by atoms with van der Waals surface area (Å²) in [5.41, 5.74) is -0.614. The van der Waals surface area contributed by atoms with Crippen LogP contribution in [0.15, 0.2) is 18.2 Å². The van der Waals surface area contributed by atoms with Crippen molar-refractivity contribution in [3.63, 3.8) is 0 Å². The van der Waals surface area contributed by atoms with E-state index in [1.54, 1.807) is 0 Å². The number of halogens is 4. The van der Waals surface area contributed by atoms with Gasteiger partial charge in [-0.3, -0.25) is 0 Å². The highest BCUT2D eigenvalue weighted by atomic mass is 32.1. The molecule has 1 aliphatic rings. The van der Waals surface area contributed by atoms with Gasteiger partial charge in [-0.1, -0.05) is 12.1 Å². The number of thiazole rings is 1. The fourth-order valence-corrected chi connectivity index (χ4v) is 3.34. The van der Waals surface area contributed by atoms with E-state index in [0.717, 1.165) is 23.2 Å². The van der Waals surface area contributed by atoms with E-state index in [0.29, 0.717) is 13.0 Å². The van der Waals surface area contributed by atoms with E-state index >= 15 is 0 Å². The van der Waals surface area contributed by atoms with Crippen LogP contribution in [0.2, 0.25) is 0 Å². The first kappa shape index (κ1) is 13.5. The first-order valence-corrected chi connectivity index (χ1v) is 6.84. The van der Waals surface area contributed by atoms with Gasteiger partial charge in [-0.05, 0) is 6.07 Å². The second-order valence-electron chi connectivity index (χ2n) is 4.48. The van der Waals surface area contributed by atoms with Gasteiger partial charge in [-0.2, -0.15) is 13.2 Å². The quantitative estimate of drug-likeness (QED) is 0.814. The smallest absolute Gasteiger partial charge is 0.311 e. The molecule has 0 bridgehead atoms. The third-order valence-electron chi connectivity index (χ3n) is 3.13. The summed E-state index contributed by atoms with van der Waals surface area (Å²) in [6.07, 6.45) is -4.05. The molecule has 0 saturated heterocycles. The fraction of sp³-hybridized carbons (Fsp3) is 0.308. The summed E-state index contributed by atoms with van der Waals surface area (Å²) in [4.78, 5) is 5.17. The Balaban J connectivity index is 2.15. The second kappa shape index (κ2) is 4.82. The van der Waals surface area contributed by atoms with Crippen molar-refractivity contribution < 1.29 is 17.6 Å². The van der Waals surface area contributed by atoms with Crippen molar-refractivity contribution in [3.8, 4) is 10.6 Å². The Morgan fingerprint density at radius 1 is 1.25 bits per heavy atom. The number of fused-ring (bicyclic) bond motifs is 1. The van der Waals surface area contributed by atoms with Gasteiger partial charge in [0.2, 0.25) is 0 Å². The molecule has 0 aliphatic carbocycles. The molecule has 1 N–H and O–H groups in total. The second-order valence-corrected chi connectivity index (χ2v) is 5.56. The van der Waals surface area contributed by atoms with E-state index < -0.39 is 17.6 Å². The van der Waals surface area contributed by atoms with Gasteiger partial charge < -0.3 is 5.32 Å². The molecule has 0 fully saturated rings. The van der Waals surface area contributed by atoms with E-state index in [2.05, 4.69) is 10.3 Å². The average Bonchev–Trinajstić information content (AvgIpc) is 2.80. The highest BCUT2D eigenvalue weighted by molar-refractivity contribution is 7.15. The molecule has 0 amide bonds. The Morgan fingerprint density at radius 2 is 2.05 bits per heavy atom. The minimum Gasteiger partial charge on any atom is -0.311 e. The van der Waals surface area contributed by atoms with Crippen LogP contribution in [-0.4, -0.2) is 11.5 Å². The van der Waals surface area contributed by atoms with E-state index in [1.165, 1.54) is 23.5 Å². The molecule has 2 aromatic rings. The van der Waals surface area contributed by atoms with Gasteiger partial charge in [0.15, 0.2) is 0 Å². The molecule has 106 valence electrons. The van der Waals surface area contributed by atoms with Crippen LogP contribution in [0, 0.1) is 5.82 Å². The van der Waals surface area contributed by atoms with Crippen LogP contribution in [0.1, 0.15) is 16.1 Å². The van der Waals surface area contributed by atoms with E-state index in [4.69, 9.17) is 0 Å². The molecule has 0 atom stereocenters. The van der Waals surface area contributed by atoms with Crippen molar-refractivity contribution >= 4 is 11.3 Å². The molecular weight excluding hydrogens is 292 g/mol. The molecule has 1 aliphatic heterocycles. The zero-order valence-electron chi connectivity index (χ0n) is 10.2. The monoisotopic (exact) mass is 302 g/mol. The number of rotatable bonds is 1. The summed E-state index contributed by atoms with van der Waals surface area (Å²) < 4.78 is 52.6. The van der Waals surface area contributed by atoms with Gasteiger partial charge in [0.1, 0.15) is 16.4 Å². The number of hydrogen-bond donors (Lipinski definition) is 1. The highest BCUT2D eigenvalue weighted by Crippen LogP contribution is 2.40. The Labute approximate surface area is 116 Å². The molecule has 0 spiro atoms.